The zero-order chi connectivity index (χ0) is 50.3. The average molecular weight is 949 g/mol. The Morgan fingerprint density at radius 1 is 0.437 bits per heavy atom. The highest BCUT2D eigenvalue weighted by Crippen LogP contribution is 2.52. The summed E-state index contributed by atoms with van der Waals surface area (Å²) in [4.78, 5) is 5.29. The van der Waals surface area contributed by atoms with Crippen molar-refractivity contribution in [1.82, 2.24) is 0 Å². The molecule has 3 aliphatic rings. The highest BCUT2D eigenvalue weighted by atomic mass is 32.1. The van der Waals surface area contributed by atoms with Gasteiger partial charge < -0.3 is 9.80 Å². The Bertz CT molecular complexity index is 3390. The van der Waals surface area contributed by atoms with E-state index in [9.17, 15) is 0 Å². The van der Waals surface area contributed by atoms with Crippen LogP contribution in [0.4, 0.5) is 34.1 Å². The van der Waals surface area contributed by atoms with E-state index in [2.05, 4.69) is 247 Å². The molecule has 0 fully saturated rings. The monoisotopic (exact) mass is 949 g/mol. The summed E-state index contributed by atoms with van der Waals surface area (Å²) in [6.45, 7) is 35.2. The van der Waals surface area contributed by atoms with Crippen molar-refractivity contribution < 1.29 is 0 Å². The number of aryl methyl sites for hydroxylation is 1. The molecule has 71 heavy (non-hydrogen) atoms. The van der Waals surface area contributed by atoms with Gasteiger partial charge in [0, 0.05) is 43.2 Å². The molecular weight excluding hydrogens is 876 g/mol. The second kappa shape index (κ2) is 16.3. The van der Waals surface area contributed by atoms with Gasteiger partial charge in [0.1, 0.15) is 0 Å². The molecule has 0 spiro atoms. The van der Waals surface area contributed by atoms with E-state index in [0.717, 1.165) is 12.8 Å². The van der Waals surface area contributed by atoms with E-state index in [1.807, 2.05) is 11.3 Å². The van der Waals surface area contributed by atoms with Crippen molar-refractivity contribution in [3.8, 4) is 22.3 Å². The minimum Gasteiger partial charge on any atom is -0.311 e. The second-order valence-electron chi connectivity index (χ2n) is 26.2. The van der Waals surface area contributed by atoms with Crippen molar-refractivity contribution in [2.45, 2.75) is 150 Å². The van der Waals surface area contributed by atoms with Crippen LogP contribution in [0.5, 0.6) is 0 Å². The lowest BCUT2D eigenvalue weighted by Crippen LogP contribution is -2.60. The summed E-state index contributed by atoms with van der Waals surface area (Å²) in [6.07, 6.45) is 3.48. The number of rotatable bonds is 4. The second-order valence-corrected chi connectivity index (χ2v) is 27.3. The van der Waals surface area contributed by atoms with Crippen LogP contribution in [-0.2, 0) is 39.9 Å². The lowest BCUT2D eigenvalue weighted by molar-refractivity contribution is 0.569. The molecule has 2 nitrogen and oxygen atoms in total. The zero-order valence-corrected chi connectivity index (χ0v) is 46.0. The molecule has 0 saturated carbocycles. The molecule has 2 aliphatic heterocycles. The van der Waals surface area contributed by atoms with E-state index in [0.29, 0.717) is 0 Å². The predicted octanol–water partition coefficient (Wildman–Crippen LogP) is 17.3. The molecule has 1 aliphatic carbocycles. The molecule has 0 saturated heterocycles. The first-order valence-corrected chi connectivity index (χ1v) is 27.1. The summed E-state index contributed by atoms with van der Waals surface area (Å²) in [7, 11) is 0. The van der Waals surface area contributed by atoms with Crippen molar-refractivity contribution in [3.63, 3.8) is 0 Å². The van der Waals surface area contributed by atoms with Crippen LogP contribution in [0.2, 0.25) is 0 Å². The van der Waals surface area contributed by atoms with E-state index in [4.69, 9.17) is 0 Å². The van der Waals surface area contributed by atoms with Gasteiger partial charge in [0.25, 0.3) is 6.71 Å². The lowest BCUT2D eigenvalue weighted by atomic mass is 9.36. The first-order valence-electron chi connectivity index (χ1n) is 26.3. The summed E-state index contributed by atoms with van der Waals surface area (Å²) in [6, 6.07) is 53.1. The van der Waals surface area contributed by atoms with Crippen molar-refractivity contribution in [1.29, 1.82) is 0 Å². The van der Waals surface area contributed by atoms with Crippen LogP contribution in [0.25, 0.3) is 32.3 Å². The van der Waals surface area contributed by atoms with Gasteiger partial charge in [0.05, 0.1) is 11.4 Å². The lowest BCUT2D eigenvalue weighted by Gasteiger charge is -2.44. The Morgan fingerprint density at radius 3 is 1.63 bits per heavy atom. The summed E-state index contributed by atoms with van der Waals surface area (Å²) in [5, 5.41) is 1.34. The smallest absolute Gasteiger partial charge is 0.264 e. The Morgan fingerprint density at radius 2 is 1.00 bits per heavy atom. The normalized spacial score (nSPS) is 14.7. The van der Waals surface area contributed by atoms with Gasteiger partial charge >= 0.3 is 0 Å². The molecular formula is C67H73BN2S. The number of hydrogen-bond acceptors (Lipinski definition) is 3. The first-order chi connectivity index (χ1) is 33.4. The summed E-state index contributed by atoms with van der Waals surface area (Å²) < 4.78 is 2.76. The fourth-order valence-electron chi connectivity index (χ4n) is 11.6. The maximum atomic E-state index is 2.71. The SMILES string of the molecule is CC(C)(C)c1cc(-c2ccc(N3c4ccc(C(C)(C)C)cc4B4c5sc6ccc(C(C)(C)C)cc6c5N(c5ccc(C(C)(C)C)cc5-c5cccc6c5CCC6)c5cccc3c54)cc2)cc(C(C)(C)C)c1. The molecule has 7 aromatic carbocycles. The van der Waals surface area contributed by atoms with E-state index in [1.54, 1.807) is 0 Å². The van der Waals surface area contributed by atoms with Gasteiger partial charge in [-0.25, -0.2) is 0 Å². The topological polar surface area (TPSA) is 6.48 Å². The number of benzene rings is 7. The van der Waals surface area contributed by atoms with E-state index in [1.165, 1.54) is 128 Å². The Labute approximate surface area is 430 Å². The molecule has 0 amide bonds. The molecule has 1 aromatic heterocycles. The van der Waals surface area contributed by atoms with Crippen molar-refractivity contribution in [2.75, 3.05) is 9.80 Å². The standard InChI is InChI=1S/C67H73BN2S/c1-63(2,3)44-27-32-55(52(38-44)51-22-17-20-42-19-16-21-50(42)51)70-58-24-18-23-57-60(58)68(62-61(70)53-39-45(64(4,5)6)29-34-59(53)71-62)54-40-46(65(7,8)9)28-33-56(54)69(57)49-30-25-41(26-31-49)43-35-47(66(10,11)12)37-48(36-43)67(13,14)15/h17-18,20,22-40H,16,19,21H2,1-15H3. The Hall–Kier alpha value is -5.84. The molecule has 4 heteroatoms. The van der Waals surface area contributed by atoms with Crippen LogP contribution >= 0.6 is 11.3 Å². The largest absolute Gasteiger partial charge is 0.311 e. The maximum Gasteiger partial charge on any atom is 0.264 e. The third kappa shape index (κ3) is 8.08. The minimum absolute atomic E-state index is 0.00291. The molecule has 0 radical (unpaired) electrons. The molecule has 0 atom stereocenters. The van der Waals surface area contributed by atoms with E-state index >= 15 is 0 Å². The van der Waals surface area contributed by atoms with Crippen molar-refractivity contribution in [3.05, 3.63) is 172 Å². The third-order valence-corrected chi connectivity index (χ3v) is 17.2. The molecule has 0 unspecified atom stereocenters. The number of thiophene rings is 1. The minimum atomic E-state index is -0.0280. The van der Waals surface area contributed by atoms with E-state index in [-0.39, 0.29) is 33.8 Å². The summed E-state index contributed by atoms with van der Waals surface area (Å²) >= 11 is 2.00. The van der Waals surface area contributed by atoms with Gasteiger partial charge in [-0.15, -0.1) is 11.3 Å². The highest BCUT2D eigenvalue weighted by Gasteiger charge is 2.46. The van der Waals surface area contributed by atoms with Crippen LogP contribution in [0.1, 0.15) is 149 Å². The molecule has 11 rings (SSSR count). The number of hydrogen-bond donors (Lipinski definition) is 0. The zero-order valence-electron chi connectivity index (χ0n) is 45.2. The van der Waals surface area contributed by atoms with Gasteiger partial charge in [-0.1, -0.05) is 183 Å². The fourth-order valence-corrected chi connectivity index (χ4v) is 12.9. The van der Waals surface area contributed by atoms with Gasteiger partial charge in [-0.05, 0) is 167 Å². The third-order valence-electron chi connectivity index (χ3n) is 16.0. The molecule has 8 aromatic rings. The quantitative estimate of drug-likeness (QED) is 0.162. The fraction of sp³-hybridized carbons (Fsp3) is 0.343. The maximum absolute atomic E-state index is 2.71. The van der Waals surface area contributed by atoms with Gasteiger partial charge in [0.15, 0.2) is 0 Å². The number of nitrogens with zero attached hydrogens (tertiary/aromatic N) is 2. The van der Waals surface area contributed by atoms with Crippen LogP contribution in [0, 0.1) is 0 Å². The van der Waals surface area contributed by atoms with Crippen LogP contribution in [-0.4, -0.2) is 6.71 Å². The first kappa shape index (κ1) is 47.5. The van der Waals surface area contributed by atoms with Gasteiger partial charge in [-0.3, -0.25) is 0 Å². The summed E-state index contributed by atoms with van der Waals surface area (Å²) in [5.74, 6) is 0. The van der Waals surface area contributed by atoms with Crippen LogP contribution in [0.3, 0.4) is 0 Å². The highest BCUT2D eigenvalue weighted by molar-refractivity contribution is 7.33. The summed E-state index contributed by atoms with van der Waals surface area (Å²) in [5.41, 5.74) is 25.4. The number of fused-ring (bicyclic) bond motifs is 7. The Balaban J connectivity index is 1.19. The van der Waals surface area contributed by atoms with E-state index < -0.39 is 0 Å². The van der Waals surface area contributed by atoms with Crippen molar-refractivity contribution >= 4 is 78.0 Å². The molecule has 360 valence electrons. The van der Waals surface area contributed by atoms with Crippen LogP contribution in [0.15, 0.2) is 133 Å². The molecule has 0 bridgehead atoms. The number of anilines is 6. The molecule has 0 N–H and O–H groups in total. The molecule has 3 heterocycles. The van der Waals surface area contributed by atoms with Gasteiger partial charge in [-0.2, -0.15) is 0 Å². The predicted molar refractivity (Wildman–Crippen MR) is 312 cm³/mol. The Kier molecular flexibility index (Phi) is 10.9. The average Bonchev–Trinajstić information content (AvgIpc) is 3.95. The van der Waals surface area contributed by atoms with Gasteiger partial charge in [0.2, 0.25) is 0 Å². The van der Waals surface area contributed by atoms with Crippen molar-refractivity contribution in [2.24, 2.45) is 0 Å². The van der Waals surface area contributed by atoms with Crippen LogP contribution < -0.4 is 25.5 Å².